The van der Waals surface area contributed by atoms with Gasteiger partial charge in [0.2, 0.25) is 5.69 Å². The van der Waals surface area contributed by atoms with Crippen molar-refractivity contribution in [2.24, 2.45) is 0 Å². The Morgan fingerprint density at radius 3 is 1.34 bits per heavy atom. The SMILES string of the molecule is [C-]#[N+]c1c(-n2c3ccccc3c3ccccc32)c(C#N)c(-n2c3ccccc3c3ccccc32)c(-n2c3ccc(-c4cccc5ccccc45)cc3c3ccc4c5ccccc5sc4c32)c1-n1c2ccccc2c2ccccc21. The molecule has 0 spiro atoms. The predicted molar refractivity (Wildman–Crippen MR) is 331 cm³/mol. The fourth-order valence-electron chi connectivity index (χ4n) is 13.4. The summed E-state index contributed by atoms with van der Waals surface area (Å²) in [7, 11) is 0. The molecule has 0 saturated carbocycles. The first-order valence-corrected chi connectivity index (χ1v) is 27.3. The van der Waals surface area contributed by atoms with Gasteiger partial charge in [0.05, 0.1) is 83.7 Å². The maximum atomic E-state index is 12.6. The number of fused-ring (bicyclic) bond motifs is 17. The smallest absolute Gasteiger partial charge is 0.237 e. The molecule has 17 aromatic rings. The van der Waals surface area contributed by atoms with E-state index in [1.807, 2.05) is 0 Å². The van der Waals surface area contributed by atoms with Crippen LogP contribution in [0.4, 0.5) is 5.69 Å². The summed E-state index contributed by atoms with van der Waals surface area (Å²) in [5, 5.41) is 25.8. The number of benzene rings is 12. The summed E-state index contributed by atoms with van der Waals surface area (Å²) in [5.74, 6) is 0. The van der Waals surface area contributed by atoms with Crippen LogP contribution in [0.5, 0.6) is 0 Å². The van der Waals surface area contributed by atoms with Crippen molar-refractivity contribution in [3.63, 3.8) is 0 Å². The van der Waals surface area contributed by atoms with Crippen LogP contribution in [0.25, 0.3) is 157 Å². The van der Waals surface area contributed by atoms with Crippen LogP contribution >= 0.6 is 11.3 Å². The third-order valence-corrected chi connectivity index (χ3v) is 17.8. The van der Waals surface area contributed by atoms with Gasteiger partial charge < -0.3 is 18.3 Å². The van der Waals surface area contributed by atoms with Crippen LogP contribution in [0.1, 0.15) is 5.56 Å². The fourth-order valence-corrected chi connectivity index (χ4v) is 14.6. The Labute approximate surface area is 455 Å². The highest BCUT2D eigenvalue weighted by Crippen LogP contribution is 2.53. The molecule has 0 N–H and O–H groups in total. The van der Waals surface area contributed by atoms with E-state index in [0.29, 0.717) is 28.3 Å². The monoisotopic (exact) mass is 1020 g/mol. The summed E-state index contributed by atoms with van der Waals surface area (Å²) in [6, 6.07) is 89.3. The van der Waals surface area contributed by atoms with Crippen molar-refractivity contribution in [3.05, 3.63) is 260 Å². The molecule has 7 heteroatoms. The zero-order valence-corrected chi connectivity index (χ0v) is 43.0. The van der Waals surface area contributed by atoms with E-state index in [4.69, 9.17) is 4.85 Å². The molecule has 0 radical (unpaired) electrons. The molecule has 0 aliphatic carbocycles. The largest absolute Gasteiger partial charge is 0.318 e. The number of rotatable bonds is 5. The van der Waals surface area contributed by atoms with E-state index in [1.165, 1.54) is 20.9 Å². The lowest BCUT2D eigenvalue weighted by Gasteiger charge is -2.27. The molecule has 0 bridgehead atoms. The summed E-state index contributed by atoms with van der Waals surface area (Å²) in [6.07, 6.45) is 0. The van der Waals surface area contributed by atoms with Gasteiger partial charge in [0.1, 0.15) is 6.07 Å². The standard InChI is InChI=1S/C72H40N6S/c1-74-66-67(75-58-30-11-4-22-47(58)48-23-5-12-31-59(48)75)57(42-73)68(76-60-32-13-6-24-49(60)50-25-7-14-33-61(50)76)71(70(66)77-62-34-15-8-26-51(62)52-27-9-16-35-63(52)77)78-64-40-37-44(46-29-18-20-43-19-2-3-21-45(43)46)41-56(64)54-38-39-55-53-28-10-17-36-65(53)79-72(55)69(54)78/h2-41H. The maximum absolute atomic E-state index is 12.6. The molecule has 5 aromatic heterocycles. The average molecular weight is 1020 g/mol. The minimum absolute atomic E-state index is 0.361. The van der Waals surface area contributed by atoms with E-state index in [0.717, 1.165) is 114 Å². The molecule has 79 heavy (non-hydrogen) atoms. The van der Waals surface area contributed by atoms with Gasteiger partial charge in [0.25, 0.3) is 0 Å². The average Bonchev–Trinajstić information content (AvgIpc) is 3.58. The second-order valence-corrected chi connectivity index (χ2v) is 21.5. The number of nitriles is 1. The highest BCUT2D eigenvalue weighted by Gasteiger charge is 2.35. The zero-order valence-electron chi connectivity index (χ0n) is 42.2. The number of para-hydroxylation sites is 6. The first-order chi connectivity index (χ1) is 39.2. The fraction of sp³-hybridized carbons (Fsp3) is 0. The van der Waals surface area contributed by atoms with E-state index < -0.39 is 0 Å². The van der Waals surface area contributed by atoms with Crippen molar-refractivity contribution in [2.45, 2.75) is 0 Å². The molecular formula is C72H40N6S. The second kappa shape index (κ2) is 16.4. The van der Waals surface area contributed by atoms with Crippen LogP contribution in [-0.4, -0.2) is 18.3 Å². The van der Waals surface area contributed by atoms with Crippen LogP contribution in [0.3, 0.4) is 0 Å². The minimum Gasteiger partial charge on any atom is -0.318 e. The van der Waals surface area contributed by atoms with E-state index in [1.54, 1.807) is 11.3 Å². The normalized spacial score (nSPS) is 12.0. The molecule has 0 fully saturated rings. The number of hydrogen-bond acceptors (Lipinski definition) is 2. The van der Waals surface area contributed by atoms with Gasteiger partial charge in [-0.05, 0) is 76.5 Å². The zero-order chi connectivity index (χ0) is 52.0. The van der Waals surface area contributed by atoms with Crippen LogP contribution in [-0.2, 0) is 0 Å². The van der Waals surface area contributed by atoms with Crippen LogP contribution in [0, 0.1) is 17.9 Å². The summed E-state index contributed by atoms with van der Waals surface area (Å²) >= 11 is 1.79. The van der Waals surface area contributed by atoms with Crippen molar-refractivity contribution in [2.75, 3.05) is 0 Å². The van der Waals surface area contributed by atoms with Crippen molar-refractivity contribution < 1.29 is 0 Å². The lowest BCUT2D eigenvalue weighted by atomic mass is 9.97. The lowest BCUT2D eigenvalue weighted by Crippen LogP contribution is -2.14. The number of hydrogen-bond donors (Lipinski definition) is 0. The summed E-state index contributed by atoms with van der Waals surface area (Å²) in [6.45, 7) is 9.86. The first kappa shape index (κ1) is 43.5. The molecule has 0 saturated heterocycles. The third kappa shape index (κ3) is 5.86. The summed E-state index contributed by atoms with van der Waals surface area (Å²) in [4.78, 5) is 4.81. The quantitative estimate of drug-likeness (QED) is 0.159. The van der Waals surface area contributed by atoms with Gasteiger partial charge in [-0.2, -0.15) is 5.26 Å². The van der Waals surface area contributed by atoms with Crippen molar-refractivity contribution in [1.29, 1.82) is 5.26 Å². The molecule has 0 aliphatic heterocycles. The van der Waals surface area contributed by atoms with Crippen molar-refractivity contribution >= 4 is 135 Å². The van der Waals surface area contributed by atoms with E-state index >= 15 is 0 Å². The van der Waals surface area contributed by atoms with Crippen LogP contribution in [0.2, 0.25) is 0 Å². The van der Waals surface area contributed by atoms with Gasteiger partial charge in [0, 0.05) is 58.6 Å². The minimum atomic E-state index is 0.361. The highest BCUT2D eigenvalue weighted by molar-refractivity contribution is 7.26. The lowest BCUT2D eigenvalue weighted by molar-refractivity contribution is 1.03. The maximum Gasteiger partial charge on any atom is 0.237 e. The van der Waals surface area contributed by atoms with Crippen LogP contribution in [0.15, 0.2) is 243 Å². The Kier molecular flexibility index (Phi) is 9.04. The second-order valence-electron chi connectivity index (χ2n) is 20.5. The third-order valence-electron chi connectivity index (χ3n) is 16.6. The van der Waals surface area contributed by atoms with Gasteiger partial charge in [-0.3, -0.25) is 0 Å². The Balaban J connectivity index is 1.18. The van der Waals surface area contributed by atoms with Crippen molar-refractivity contribution in [1.82, 2.24) is 18.3 Å². The molecule has 0 atom stereocenters. The summed E-state index contributed by atoms with van der Waals surface area (Å²) < 4.78 is 11.6. The van der Waals surface area contributed by atoms with Crippen molar-refractivity contribution in [3.8, 4) is 39.9 Å². The Hall–Kier alpha value is -10.7. The molecule has 364 valence electrons. The molecule has 0 aliphatic rings. The van der Waals surface area contributed by atoms with Gasteiger partial charge in [-0.25, -0.2) is 4.85 Å². The van der Waals surface area contributed by atoms with Crippen LogP contribution < -0.4 is 0 Å². The first-order valence-electron chi connectivity index (χ1n) is 26.5. The Morgan fingerprint density at radius 2 is 0.797 bits per heavy atom. The Morgan fingerprint density at radius 1 is 0.354 bits per heavy atom. The molecular weight excluding hydrogens is 981 g/mol. The predicted octanol–water partition coefficient (Wildman–Crippen LogP) is 19.7. The molecule has 12 aromatic carbocycles. The van der Waals surface area contributed by atoms with E-state index in [-0.39, 0.29) is 0 Å². The topological polar surface area (TPSA) is 47.9 Å². The van der Waals surface area contributed by atoms with Gasteiger partial charge >= 0.3 is 0 Å². The molecule has 0 amide bonds. The van der Waals surface area contributed by atoms with Gasteiger partial charge in [-0.15, -0.1) is 11.3 Å². The number of aromatic nitrogens is 4. The molecule has 5 heterocycles. The highest BCUT2D eigenvalue weighted by atomic mass is 32.1. The van der Waals surface area contributed by atoms with E-state index in [9.17, 15) is 11.8 Å². The van der Waals surface area contributed by atoms with Gasteiger partial charge in [0.15, 0.2) is 0 Å². The van der Waals surface area contributed by atoms with E-state index in [2.05, 4.69) is 267 Å². The Bertz CT molecular complexity index is 5290. The number of nitrogens with zero attached hydrogens (tertiary/aromatic N) is 6. The molecule has 6 nitrogen and oxygen atoms in total. The van der Waals surface area contributed by atoms with Gasteiger partial charge in [-0.1, -0.05) is 188 Å². The summed E-state index contributed by atoms with van der Waals surface area (Å²) in [5.41, 5.74) is 13.2. The number of thiophene rings is 1. The molecule has 17 rings (SSSR count). The molecule has 0 unspecified atom stereocenters.